The number of piperazine rings is 1. The van der Waals surface area contributed by atoms with Gasteiger partial charge in [-0.15, -0.1) is 0 Å². The van der Waals surface area contributed by atoms with Crippen LogP contribution in [0.3, 0.4) is 0 Å². The molecule has 3 fully saturated rings. The van der Waals surface area contributed by atoms with Crippen LogP contribution in [0, 0.1) is 6.92 Å². The van der Waals surface area contributed by atoms with Gasteiger partial charge >= 0.3 is 0 Å². The van der Waals surface area contributed by atoms with E-state index in [9.17, 15) is 33.6 Å². The number of pyridine rings is 2. The summed E-state index contributed by atoms with van der Waals surface area (Å²) in [6.07, 6.45) is 8.04. The largest absolute Gasteiger partial charge is 0.485 e. The Hall–Kier alpha value is -6.44. The second-order valence-electron chi connectivity index (χ2n) is 16.7. The molecule has 342 valence electrons. The van der Waals surface area contributed by atoms with Crippen molar-refractivity contribution < 1.29 is 43.0 Å². The standard InChI is InChI=1S/C46H53N9O10/c1-28-34-26-48-46(51-41(34)54(30-7-3-4-8-30)44(61)39(28)29(2)56)49-37-14-12-31(25-47-37)53-18-16-52(17-19-53)20-22-64-24-23-63-21-6-9-32(57)27-65-36-11-5-10-33-40(36)45(62)55(43(33)60)35-13-15-38(58)50-42(35)59/h5,10-12,14,25-26,30,35H,3-4,6-9,13,15-24,27H2,1-2H3,(H,50,58,59)(H,47,48,49,51). The summed E-state index contributed by atoms with van der Waals surface area (Å²) in [6, 6.07) is 7.32. The number of fused-ring (bicyclic) bond motifs is 2. The maximum absolute atomic E-state index is 13.6. The van der Waals surface area contributed by atoms with E-state index in [1.165, 1.54) is 19.1 Å². The van der Waals surface area contributed by atoms with Crippen molar-refractivity contribution in [2.24, 2.45) is 0 Å². The van der Waals surface area contributed by atoms with Crippen molar-refractivity contribution in [2.45, 2.75) is 77.3 Å². The highest BCUT2D eigenvalue weighted by Crippen LogP contribution is 2.34. The first-order chi connectivity index (χ1) is 31.5. The van der Waals surface area contributed by atoms with Crippen LogP contribution in [-0.4, -0.2) is 136 Å². The van der Waals surface area contributed by atoms with Crippen molar-refractivity contribution in [1.82, 2.24) is 34.6 Å². The number of amides is 4. The Kier molecular flexibility index (Phi) is 14.0. The maximum atomic E-state index is 13.6. The molecule has 8 rings (SSSR count). The summed E-state index contributed by atoms with van der Waals surface area (Å²) in [7, 11) is 0. The molecule has 65 heavy (non-hydrogen) atoms. The number of ketones is 2. The van der Waals surface area contributed by atoms with Crippen LogP contribution in [0.25, 0.3) is 11.0 Å². The highest BCUT2D eigenvalue weighted by Gasteiger charge is 2.46. The number of nitrogens with one attached hydrogen (secondary N) is 2. The number of hydrogen-bond acceptors (Lipinski definition) is 16. The smallest absolute Gasteiger partial charge is 0.266 e. The van der Waals surface area contributed by atoms with Crippen molar-refractivity contribution >= 4 is 63.7 Å². The first-order valence-electron chi connectivity index (χ1n) is 22.3. The van der Waals surface area contributed by atoms with E-state index in [1.807, 2.05) is 18.3 Å². The van der Waals surface area contributed by atoms with E-state index in [2.05, 4.69) is 30.4 Å². The van der Waals surface area contributed by atoms with Gasteiger partial charge in [0.05, 0.1) is 48.4 Å². The number of ether oxygens (including phenoxy) is 3. The lowest BCUT2D eigenvalue weighted by molar-refractivity contribution is -0.136. The number of carbonyl (C=O) groups excluding carboxylic acids is 6. The SMILES string of the molecule is CC(=O)c1c(C)c2cnc(Nc3ccc(N4CCN(CCOCCOCCCC(=O)COc5cccc6c5C(=O)N(C5CCC(=O)NC5=O)C6=O)CC4)cn3)nc2n(C2CCCC2)c1=O. The fourth-order valence-electron chi connectivity index (χ4n) is 9.02. The number of aryl methyl sites for hydroxylation is 1. The number of carbonyl (C=O) groups is 6. The van der Waals surface area contributed by atoms with Crippen LogP contribution in [0.1, 0.15) is 101 Å². The van der Waals surface area contributed by atoms with Gasteiger partial charge in [0.1, 0.15) is 29.9 Å². The van der Waals surface area contributed by atoms with Crippen molar-refractivity contribution in [1.29, 1.82) is 0 Å². The van der Waals surface area contributed by atoms with Gasteiger partial charge in [0.2, 0.25) is 17.8 Å². The molecule has 4 aromatic rings. The molecule has 1 aromatic carbocycles. The van der Waals surface area contributed by atoms with Crippen molar-refractivity contribution in [3.05, 3.63) is 75.3 Å². The van der Waals surface area contributed by atoms with E-state index in [0.717, 1.165) is 69.0 Å². The predicted octanol–water partition coefficient (Wildman–Crippen LogP) is 3.54. The summed E-state index contributed by atoms with van der Waals surface area (Å²) in [6.45, 7) is 8.87. The molecule has 1 unspecified atom stereocenters. The highest BCUT2D eigenvalue weighted by molar-refractivity contribution is 6.24. The van der Waals surface area contributed by atoms with Crippen LogP contribution in [0.4, 0.5) is 17.5 Å². The number of hydrogen-bond donors (Lipinski definition) is 2. The normalized spacial score (nSPS) is 18.1. The minimum absolute atomic E-state index is 0.00128. The highest BCUT2D eigenvalue weighted by atomic mass is 16.5. The number of Topliss-reactive ketones (excluding diaryl/α,β-unsaturated/α-hetero) is 2. The minimum Gasteiger partial charge on any atom is -0.485 e. The average Bonchev–Trinajstić information content (AvgIpc) is 3.91. The van der Waals surface area contributed by atoms with Crippen LogP contribution in [0.5, 0.6) is 5.75 Å². The lowest BCUT2D eigenvalue weighted by Crippen LogP contribution is -2.54. The molecule has 1 saturated carbocycles. The summed E-state index contributed by atoms with van der Waals surface area (Å²) >= 11 is 0. The fourth-order valence-corrected chi connectivity index (χ4v) is 9.02. The average molecular weight is 892 g/mol. The number of benzene rings is 1. The zero-order chi connectivity index (χ0) is 45.6. The van der Waals surface area contributed by atoms with Gasteiger partial charge in [-0.25, -0.2) is 9.97 Å². The van der Waals surface area contributed by atoms with Crippen LogP contribution in [0.15, 0.2) is 47.5 Å². The molecule has 19 nitrogen and oxygen atoms in total. The molecule has 1 aliphatic carbocycles. The lowest BCUT2D eigenvalue weighted by atomic mass is 10.0. The number of rotatable bonds is 19. The Morgan fingerprint density at radius 2 is 1.65 bits per heavy atom. The monoisotopic (exact) mass is 891 g/mol. The second kappa shape index (κ2) is 20.2. The van der Waals surface area contributed by atoms with E-state index in [1.54, 1.807) is 23.8 Å². The van der Waals surface area contributed by atoms with Gasteiger partial charge in [0.25, 0.3) is 17.4 Å². The van der Waals surface area contributed by atoms with E-state index in [0.29, 0.717) is 61.2 Å². The predicted molar refractivity (Wildman–Crippen MR) is 237 cm³/mol. The second-order valence-corrected chi connectivity index (χ2v) is 16.7. The summed E-state index contributed by atoms with van der Waals surface area (Å²) < 4.78 is 18.8. The molecule has 3 aliphatic heterocycles. The third-order valence-corrected chi connectivity index (χ3v) is 12.5. The van der Waals surface area contributed by atoms with Crippen LogP contribution < -0.4 is 25.8 Å². The lowest BCUT2D eigenvalue weighted by Gasteiger charge is -2.35. The van der Waals surface area contributed by atoms with Gasteiger partial charge in [0.15, 0.2) is 11.6 Å². The van der Waals surface area contributed by atoms with E-state index < -0.39 is 29.7 Å². The van der Waals surface area contributed by atoms with Crippen LogP contribution in [-0.2, 0) is 23.9 Å². The molecule has 6 heterocycles. The first kappa shape index (κ1) is 45.1. The summed E-state index contributed by atoms with van der Waals surface area (Å²) in [5.41, 5.74) is 2.14. The fraction of sp³-hybridized carbons (Fsp3) is 0.478. The number of imide groups is 2. The topological polar surface area (TPSA) is 225 Å². The molecule has 0 spiro atoms. The number of nitrogens with zero attached hydrogens (tertiary/aromatic N) is 7. The molecule has 1 atom stereocenters. The Morgan fingerprint density at radius 1 is 0.877 bits per heavy atom. The summed E-state index contributed by atoms with van der Waals surface area (Å²) in [4.78, 5) is 108. The maximum Gasteiger partial charge on any atom is 0.266 e. The number of piperidine rings is 1. The molecule has 0 bridgehead atoms. The Bertz CT molecular complexity index is 2550. The van der Waals surface area contributed by atoms with E-state index >= 15 is 0 Å². The van der Waals surface area contributed by atoms with Crippen molar-refractivity contribution in [3.63, 3.8) is 0 Å². The molecule has 2 N–H and O–H groups in total. The zero-order valence-electron chi connectivity index (χ0n) is 36.6. The Labute approximate surface area is 374 Å². The van der Waals surface area contributed by atoms with Gasteiger partial charge in [-0.05, 0) is 69.4 Å². The quantitative estimate of drug-likeness (QED) is 0.0780. The first-order valence-corrected chi connectivity index (χ1v) is 22.3. The zero-order valence-corrected chi connectivity index (χ0v) is 36.6. The van der Waals surface area contributed by atoms with Gasteiger partial charge in [0, 0.05) is 69.8 Å². The third kappa shape index (κ3) is 9.96. The molecule has 19 heteroatoms. The van der Waals surface area contributed by atoms with Gasteiger partial charge in [-0.1, -0.05) is 18.9 Å². The van der Waals surface area contributed by atoms with Gasteiger partial charge < -0.3 is 24.4 Å². The van der Waals surface area contributed by atoms with Crippen LogP contribution in [0.2, 0.25) is 0 Å². The minimum atomic E-state index is -1.09. The third-order valence-electron chi connectivity index (χ3n) is 12.5. The summed E-state index contributed by atoms with van der Waals surface area (Å²) in [5.74, 6) is -1.95. The molecular weight excluding hydrogens is 839 g/mol. The van der Waals surface area contributed by atoms with E-state index in [4.69, 9.17) is 19.2 Å². The van der Waals surface area contributed by atoms with Gasteiger partial charge in [-0.3, -0.25) is 53.2 Å². The summed E-state index contributed by atoms with van der Waals surface area (Å²) in [5, 5.41) is 6.06. The van der Waals surface area contributed by atoms with E-state index in [-0.39, 0.29) is 71.5 Å². The Balaban J connectivity index is 0.702. The Morgan fingerprint density at radius 3 is 2.37 bits per heavy atom. The molecule has 4 aliphatic rings. The van der Waals surface area contributed by atoms with Crippen molar-refractivity contribution in [2.75, 3.05) is 76.0 Å². The number of anilines is 3. The molecular formula is C46H53N9O10. The molecule has 3 aromatic heterocycles. The van der Waals surface area contributed by atoms with Crippen molar-refractivity contribution in [3.8, 4) is 5.75 Å². The molecule has 0 radical (unpaired) electrons. The van der Waals surface area contributed by atoms with Crippen LogP contribution >= 0.6 is 0 Å². The molecule has 4 amide bonds. The molecule has 2 saturated heterocycles. The van der Waals surface area contributed by atoms with Gasteiger partial charge in [-0.2, -0.15) is 4.98 Å². The number of aromatic nitrogens is 4.